The Balaban J connectivity index is 2.47. The molecule has 0 aromatic heterocycles. The third-order valence-electron chi connectivity index (χ3n) is 2.32. The summed E-state index contributed by atoms with van der Waals surface area (Å²) in [5.74, 6) is -1.08. The van der Waals surface area contributed by atoms with Crippen LogP contribution < -0.4 is 5.32 Å². The van der Waals surface area contributed by atoms with Gasteiger partial charge in [0.05, 0.1) is 0 Å². The first-order chi connectivity index (χ1) is 9.52. The summed E-state index contributed by atoms with van der Waals surface area (Å²) in [7, 11) is 0. The van der Waals surface area contributed by atoms with E-state index in [2.05, 4.69) is 5.32 Å². The fourth-order valence-electron chi connectivity index (χ4n) is 1.40. The summed E-state index contributed by atoms with van der Waals surface area (Å²) in [5, 5.41) is 2.59. The molecule has 0 aliphatic carbocycles. The van der Waals surface area contributed by atoms with E-state index in [-0.39, 0.29) is 24.9 Å². The summed E-state index contributed by atoms with van der Waals surface area (Å²) in [6.07, 6.45) is 0. The first-order valence-electron chi connectivity index (χ1n) is 6.17. The fourth-order valence-corrected chi connectivity index (χ4v) is 1.40. The largest absolute Gasteiger partial charge is 0.456 e. The number of ketones is 1. The Morgan fingerprint density at radius 3 is 2.30 bits per heavy atom. The highest BCUT2D eigenvalue weighted by atomic mass is 16.6. The lowest BCUT2D eigenvalue weighted by Gasteiger charge is -2.06. The summed E-state index contributed by atoms with van der Waals surface area (Å²) < 4.78 is 9.63. The van der Waals surface area contributed by atoms with E-state index >= 15 is 0 Å². The highest BCUT2D eigenvalue weighted by molar-refractivity contribution is 5.98. The molecule has 0 unspecified atom stereocenters. The van der Waals surface area contributed by atoms with Crippen molar-refractivity contribution in [3.05, 3.63) is 29.8 Å². The molecule has 0 saturated carbocycles. The Bertz CT molecular complexity index is 481. The van der Waals surface area contributed by atoms with Gasteiger partial charge >= 0.3 is 5.97 Å². The second-order valence-corrected chi connectivity index (χ2v) is 3.98. The van der Waals surface area contributed by atoms with Crippen LogP contribution >= 0.6 is 0 Å². The van der Waals surface area contributed by atoms with Crippen molar-refractivity contribution in [3.8, 4) is 0 Å². The molecule has 1 aromatic rings. The van der Waals surface area contributed by atoms with E-state index in [1.807, 2.05) is 0 Å². The number of benzene rings is 1. The molecule has 1 N–H and O–H groups in total. The van der Waals surface area contributed by atoms with Crippen LogP contribution in [0.15, 0.2) is 24.3 Å². The van der Waals surface area contributed by atoms with E-state index in [9.17, 15) is 14.4 Å². The molecule has 0 fully saturated rings. The minimum atomic E-state index is -0.574. The minimum Gasteiger partial charge on any atom is -0.456 e. The third-order valence-corrected chi connectivity index (χ3v) is 2.32. The van der Waals surface area contributed by atoms with Crippen molar-refractivity contribution in [1.82, 2.24) is 0 Å². The maximum Gasteiger partial charge on any atom is 0.332 e. The zero-order valence-electron chi connectivity index (χ0n) is 11.5. The van der Waals surface area contributed by atoms with Gasteiger partial charge in [-0.1, -0.05) is 0 Å². The average Bonchev–Trinajstić information content (AvgIpc) is 2.42. The van der Waals surface area contributed by atoms with Crippen LogP contribution in [-0.4, -0.2) is 37.5 Å². The van der Waals surface area contributed by atoms with Crippen LogP contribution in [-0.2, 0) is 19.1 Å². The Hall–Kier alpha value is -2.21. The molecule has 0 heterocycles. The lowest BCUT2D eigenvalue weighted by Crippen LogP contribution is -2.18. The Morgan fingerprint density at radius 1 is 1.10 bits per heavy atom. The zero-order chi connectivity index (χ0) is 15.0. The lowest BCUT2D eigenvalue weighted by molar-refractivity contribution is -0.147. The van der Waals surface area contributed by atoms with Crippen molar-refractivity contribution < 1.29 is 23.9 Å². The quantitative estimate of drug-likeness (QED) is 0.602. The first-order valence-corrected chi connectivity index (χ1v) is 6.17. The van der Waals surface area contributed by atoms with Gasteiger partial charge in [0.15, 0.2) is 12.4 Å². The molecule has 1 rings (SSSR count). The Morgan fingerprint density at radius 2 is 1.75 bits per heavy atom. The van der Waals surface area contributed by atoms with Crippen LogP contribution in [0.25, 0.3) is 0 Å². The van der Waals surface area contributed by atoms with Crippen molar-refractivity contribution in [2.75, 3.05) is 25.1 Å². The van der Waals surface area contributed by atoms with Crippen LogP contribution in [0.4, 0.5) is 5.69 Å². The molecule has 0 aliphatic heterocycles. The van der Waals surface area contributed by atoms with Crippen LogP contribution in [0, 0.1) is 0 Å². The second kappa shape index (κ2) is 8.06. The van der Waals surface area contributed by atoms with E-state index < -0.39 is 5.97 Å². The van der Waals surface area contributed by atoms with Gasteiger partial charge in [0.2, 0.25) is 5.91 Å². The minimum absolute atomic E-state index is 0.161. The molecule has 108 valence electrons. The monoisotopic (exact) mass is 279 g/mol. The average molecular weight is 279 g/mol. The summed E-state index contributed by atoms with van der Waals surface area (Å²) in [5.41, 5.74) is 1.01. The van der Waals surface area contributed by atoms with Gasteiger partial charge in [0, 0.05) is 24.8 Å². The summed E-state index contributed by atoms with van der Waals surface area (Å²) in [6, 6.07) is 6.33. The van der Waals surface area contributed by atoms with Gasteiger partial charge in [0.25, 0.3) is 0 Å². The summed E-state index contributed by atoms with van der Waals surface area (Å²) >= 11 is 0. The van der Waals surface area contributed by atoms with Gasteiger partial charge in [-0.2, -0.15) is 0 Å². The summed E-state index contributed by atoms with van der Waals surface area (Å²) in [4.78, 5) is 33.8. The topological polar surface area (TPSA) is 81.7 Å². The van der Waals surface area contributed by atoms with Crippen molar-refractivity contribution in [2.45, 2.75) is 13.8 Å². The number of carbonyl (C=O) groups is 3. The van der Waals surface area contributed by atoms with E-state index in [0.717, 1.165) is 0 Å². The Kier molecular flexibility index (Phi) is 6.39. The van der Waals surface area contributed by atoms with Gasteiger partial charge in [0.1, 0.15) is 6.61 Å². The van der Waals surface area contributed by atoms with Gasteiger partial charge in [-0.15, -0.1) is 0 Å². The first kappa shape index (κ1) is 15.8. The normalized spacial score (nSPS) is 9.90. The number of ether oxygens (including phenoxy) is 2. The highest BCUT2D eigenvalue weighted by Gasteiger charge is 2.10. The molecule has 20 heavy (non-hydrogen) atoms. The van der Waals surface area contributed by atoms with E-state index in [4.69, 9.17) is 9.47 Å². The second-order valence-electron chi connectivity index (χ2n) is 3.98. The number of nitrogens with one attached hydrogen (secondary N) is 1. The molecule has 0 radical (unpaired) electrons. The molecule has 1 aromatic carbocycles. The number of hydrogen-bond donors (Lipinski definition) is 1. The molecule has 6 heteroatoms. The molecule has 0 aliphatic rings. The Labute approximate surface area is 117 Å². The van der Waals surface area contributed by atoms with Crippen LogP contribution in [0.3, 0.4) is 0 Å². The van der Waals surface area contributed by atoms with E-state index in [1.54, 1.807) is 31.2 Å². The van der Waals surface area contributed by atoms with Gasteiger partial charge in [-0.05, 0) is 31.2 Å². The molecule has 0 bridgehead atoms. The maximum atomic E-state index is 11.8. The van der Waals surface area contributed by atoms with Crippen molar-refractivity contribution in [2.24, 2.45) is 0 Å². The number of anilines is 1. The zero-order valence-corrected chi connectivity index (χ0v) is 11.5. The molecular formula is C14H17NO5. The third kappa shape index (κ3) is 5.62. The number of hydrogen-bond acceptors (Lipinski definition) is 5. The molecule has 0 saturated heterocycles. The fraction of sp³-hybridized carbons (Fsp3) is 0.357. The van der Waals surface area contributed by atoms with Gasteiger partial charge in [-0.25, -0.2) is 4.79 Å². The number of esters is 1. The lowest BCUT2D eigenvalue weighted by atomic mass is 10.1. The standard InChI is InChI=1S/C14H17NO5/c1-3-19-9-14(18)20-8-13(17)11-4-6-12(7-5-11)15-10(2)16/h4-7H,3,8-9H2,1-2H3,(H,15,16). The van der Waals surface area contributed by atoms with Gasteiger partial charge in [-0.3, -0.25) is 9.59 Å². The van der Waals surface area contributed by atoms with E-state index in [0.29, 0.717) is 17.9 Å². The van der Waals surface area contributed by atoms with Crippen LogP contribution in [0.2, 0.25) is 0 Å². The molecule has 0 spiro atoms. The molecular weight excluding hydrogens is 262 g/mol. The van der Waals surface area contributed by atoms with Crippen LogP contribution in [0.5, 0.6) is 0 Å². The number of carbonyl (C=O) groups excluding carboxylic acids is 3. The highest BCUT2D eigenvalue weighted by Crippen LogP contribution is 2.10. The predicted molar refractivity (Wildman–Crippen MR) is 72.5 cm³/mol. The number of amides is 1. The SMILES string of the molecule is CCOCC(=O)OCC(=O)c1ccc(NC(C)=O)cc1. The van der Waals surface area contributed by atoms with Crippen molar-refractivity contribution in [3.63, 3.8) is 0 Å². The smallest absolute Gasteiger partial charge is 0.332 e. The van der Waals surface area contributed by atoms with Crippen LogP contribution in [0.1, 0.15) is 24.2 Å². The predicted octanol–water partition coefficient (Wildman–Crippen LogP) is 1.41. The summed E-state index contributed by atoms with van der Waals surface area (Å²) in [6.45, 7) is 3.08. The van der Waals surface area contributed by atoms with Crippen molar-refractivity contribution >= 4 is 23.3 Å². The molecule has 0 atom stereocenters. The van der Waals surface area contributed by atoms with Crippen molar-refractivity contribution in [1.29, 1.82) is 0 Å². The molecule has 6 nitrogen and oxygen atoms in total. The maximum absolute atomic E-state index is 11.8. The number of Topliss-reactive ketones (excluding diaryl/α,β-unsaturated/α-hetero) is 1. The number of rotatable bonds is 7. The molecule has 1 amide bonds. The van der Waals surface area contributed by atoms with Gasteiger partial charge < -0.3 is 14.8 Å². The van der Waals surface area contributed by atoms with E-state index in [1.165, 1.54) is 6.92 Å².